The van der Waals surface area contributed by atoms with E-state index in [0.29, 0.717) is 6.42 Å². The molecule has 2 rings (SSSR count). The van der Waals surface area contributed by atoms with E-state index in [0.717, 1.165) is 16.5 Å². The highest BCUT2D eigenvalue weighted by atomic mass is 19.1. The van der Waals surface area contributed by atoms with Gasteiger partial charge in [0.1, 0.15) is 12.3 Å². The van der Waals surface area contributed by atoms with Crippen molar-refractivity contribution >= 4 is 11.0 Å². The highest BCUT2D eigenvalue weighted by molar-refractivity contribution is 5.77. The molecule has 0 aliphatic heterocycles. The lowest BCUT2D eigenvalue weighted by atomic mass is 10.1. The predicted molar refractivity (Wildman–Crippen MR) is 81.4 cm³/mol. The molecule has 1 atom stereocenters. The molecule has 0 saturated heterocycles. The molecule has 0 aliphatic rings. The third-order valence-electron chi connectivity index (χ3n) is 2.59. The minimum atomic E-state index is -0.347. The molecule has 0 fully saturated rings. The minimum Gasteiger partial charge on any atom is -0.464 e. The van der Waals surface area contributed by atoms with E-state index in [1.165, 1.54) is 0 Å². The van der Waals surface area contributed by atoms with Crippen LogP contribution in [0.25, 0.3) is 11.0 Å². The summed E-state index contributed by atoms with van der Waals surface area (Å²) in [6.07, 6.45) is 2.37. The number of benzene rings is 1. The van der Waals surface area contributed by atoms with Gasteiger partial charge < -0.3 is 9.73 Å². The van der Waals surface area contributed by atoms with Gasteiger partial charge in [0.2, 0.25) is 0 Å². The fraction of sp³-hybridized carbons (Fsp3) is 0.500. The summed E-state index contributed by atoms with van der Waals surface area (Å²) in [6, 6.07) is 7.76. The van der Waals surface area contributed by atoms with Crippen LogP contribution in [0.15, 0.2) is 34.9 Å². The summed E-state index contributed by atoms with van der Waals surface area (Å²) >= 11 is 0. The first-order chi connectivity index (χ1) is 9.33. The molecule has 3 heteroatoms. The molecular weight excluding hydrogens is 241 g/mol. The Hall–Kier alpha value is -1.35. The van der Waals surface area contributed by atoms with E-state index in [1.54, 1.807) is 13.3 Å². The number of fused-ring (bicyclic) bond motifs is 1. The van der Waals surface area contributed by atoms with Gasteiger partial charge in [-0.15, -0.1) is 0 Å². The van der Waals surface area contributed by atoms with Gasteiger partial charge in [-0.3, -0.25) is 0 Å². The van der Waals surface area contributed by atoms with Gasteiger partial charge in [0.05, 0.1) is 6.26 Å². The van der Waals surface area contributed by atoms with Crippen LogP contribution in [0.4, 0.5) is 4.39 Å². The standard InChI is InChI=1S/C12H14FNO.2C2H6/c1-14-11(8-13)7-9-2-3-12-10(6-9)4-5-15-12;2*1-2/h2-6,11,14H,7-8H2,1H3;2*1-2H3. The molecular formula is C16H26FNO. The Labute approximate surface area is 116 Å². The molecule has 1 unspecified atom stereocenters. The van der Waals surface area contributed by atoms with Crippen molar-refractivity contribution < 1.29 is 8.81 Å². The van der Waals surface area contributed by atoms with Gasteiger partial charge in [0.15, 0.2) is 0 Å². The van der Waals surface area contributed by atoms with Crippen LogP contribution in [-0.4, -0.2) is 19.8 Å². The predicted octanol–water partition coefficient (Wildman–Crippen LogP) is 4.59. The largest absolute Gasteiger partial charge is 0.464 e. The van der Waals surface area contributed by atoms with Gasteiger partial charge in [0, 0.05) is 11.4 Å². The van der Waals surface area contributed by atoms with Gasteiger partial charge in [-0.2, -0.15) is 0 Å². The van der Waals surface area contributed by atoms with Crippen LogP contribution in [0, 0.1) is 0 Å². The number of likely N-dealkylation sites (N-methyl/N-ethyl adjacent to an activating group) is 1. The normalized spacial score (nSPS) is 11.1. The molecule has 0 aliphatic carbocycles. The van der Waals surface area contributed by atoms with Crippen LogP contribution in [0.3, 0.4) is 0 Å². The maximum atomic E-state index is 12.5. The van der Waals surface area contributed by atoms with E-state index in [4.69, 9.17) is 4.42 Å². The SMILES string of the molecule is CC.CC.CNC(CF)Cc1ccc2occc2c1. The van der Waals surface area contributed by atoms with Crippen LogP contribution in [0.2, 0.25) is 0 Å². The molecule has 1 aromatic carbocycles. The topological polar surface area (TPSA) is 25.2 Å². The summed E-state index contributed by atoms with van der Waals surface area (Å²) < 4.78 is 17.8. The molecule has 2 aromatic rings. The van der Waals surface area contributed by atoms with Crippen LogP contribution in [0.1, 0.15) is 33.3 Å². The van der Waals surface area contributed by atoms with Crippen molar-refractivity contribution in [3.8, 4) is 0 Å². The molecule has 0 saturated carbocycles. The quantitative estimate of drug-likeness (QED) is 0.876. The molecule has 1 heterocycles. The Balaban J connectivity index is 0.000000741. The van der Waals surface area contributed by atoms with Gasteiger partial charge in [-0.05, 0) is 37.2 Å². The first-order valence-corrected chi connectivity index (χ1v) is 7.03. The van der Waals surface area contributed by atoms with Crippen LogP contribution >= 0.6 is 0 Å². The Morgan fingerprint density at radius 1 is 1.16 bits per heavy atom. The van der Waals surface area contributed by atoms with E-state index in [-0.39, 0.29) is 12.7 Å². The van der Waals surface area contributed by atoms with Gasteiger partial charge in [-0.25, -0.2) is 4.39 Å². The maximum Gasteiger partial charge on any atom is 0.133 e. The van der Waals surface area contributed by atoms with Crippen LogP contribution < -0.4 is 5.32 Å². The molecule has 0 radical (unpaired) electrons. The number of hydrogen-bond acceptors (Lipinski definition) is 2. The lowest BCUT2D eigenvalue weighted by Crippen LogP contribution is -2.29. The van der Waals surface area contributed by atoms with Crippen molar-refractivity contribution in [1.29, 1.82) is 0 Å². The Bertz CT molecular complexity index is 435. The molecule has 0 spiro atoms. The van der Waals surface area contributed by atoms with Gasteiger partial charge in [-0.1, -0.05) is 33.8 Å². The third kappa shape index (κ3) is 5.43. The summed E-state index contributed by atoms with van der Waals surface area (Å²) in [5, 5.41) is 4.01. The fourth-order valence-electron chi connectivity index (χ4n) is 1.66. The van der Waals surface area contributed by atoms with Crippen molar-refractivity contribution in [2.75, 3.05) is 13.7 Å². The van der Waals surface area contributed by atoms with Gasteiger partial charge in [0.25, 0.3) is 0 Å². The molecule has 1 N–H and O–H groups in total. The van der Waals surface area contributed by atoms with Gasteiger partial charge >= 0.3 is 0 Å². The molecule has 0 bridgehead atoms. The minimum absolute atomic E-state index is 0.102. The number of halogens is 1. The van der Waals surface area contributed by atoms with Crippen molar-refractivity contribution in [2.24, 2.45) is 0 Å². The lowest BCUT2D eigenvalue weighted by Gasteiger charge is -2.11. The van der Waals surface area contributed by atoms with Crippen molar-refractivity contribution in [3.63, 3.8) is 0 Å². The van der Waals surface area contributed by atoms with E-state index in [9.17, 15) is 4.39 Å². The smallest absolute Gasteiger partial charge is 0.133 e. The average Bonchev–Trinajstić information content (AvgIpc) is 2.96. The third-order valence-corrected chi connectivity index (χ3v) is 2.59. The summed E-state index contributed by atoms with van der Waals surface area (Å²) in [4.78, 5) is 0. The molecule has 0 amide bonds. The van der Waals surface area contributed by atoms with Crippen LogP contribution in [-0.2, 0) is 6.42 Å². The summed E-state index contributed by atoms with van der Waals surface area (Å²) in [5.74, 6) is 0. The van der Waals surface area contributed by atoms with Crippen LogP contribution in [0.5, 0.6) is 0 Å². The average molecular weight is 267 g/mol. The monoisotopic (exact) mass is 267 g/mol. The van der Waals surface area contributed by atoms with E-state index >= 15 is 0 Å². The van der Waals surface area contributed by atoms with Crippen molar-refractivity contribution in [2.45, 2.75) is 40.2 Å². The zero-order valence-electron chi connectivity index (χ0n) is 12.7. The molecule has 1 aromatic heterocycles. The Kier molecular flexibility index (Phi) is 9.81. The summed E-state index contributed by atoms with van der Waals surface area (Å²) in [5.41, 5.74) is 2.00. The number of hydrogen-bond donors (Lipinski definition) is 1. The maximum absolute atomic E-state index is 12.5. The summed E-state index contributed by atoms with van der Waals surface area (Å²) in [7, 11) is 1.78. The number of furan rings is 1. The first kappa shape index (κ1) is 17.6. The molecule has 108 valence electrons. The Morgan fingerprint density at radius 3 is 2.42 bits per heavy atom. The zero-order valence-corrected chi connectivity index (χ0v) is 12.7. The van der Waals surface area contributed by atoms with E-state index in [1.807, 2.05) is 52.0 Å². The van der Waals surface area contributed by atoms with Crippen molar-refractivity contribution in [1.82, 2.24) is 5.32 Å². The van der Waals surface area contributed by atoms with E-state index < -0.39 is 0 Å². The second kappa shape index (κ2) is 10.6. The first-order valence-electron chi connectivity index (χ1n) is 7.03. The number of rotatable bonds is 4. The highest BCUT2D eigenvalue weighted by Gasteiger charge is 2.07. The summed E-state index contributed by atoms with van der Waals surface area (Å²) in [6.45, 7) is 7.65. The number of alkyl halides is 1. The second-order valence-corrected chi connectivity index (χ2v) is 3.64. The lowest BCUT2D eigenvalue weighted by molar-refractivity contribution is 0.389. The highest BCUT2D eigenvalue weighted by Crippen LogP contribution is 2.17. The van der Waals surface area contributed by atoms with E-state index in [2.05, 4.69) is 5.32 Å². The zero-order chi connectivity index (χ0) is 14.7. The second-order valence-electron chi connectivity index (χ2n) is 3.64. The molecule has 2 nitrogen and oxygen atoms in total. The Morgan fingerprint density at radius 2 is 1.84 bits per heavy atom. The fourth-order valence-corrected chi connectivity index (χ4v) is 1.66. The number of nitrogens with one attached hydrogen (secondary N) is 1. The molecule has 19 heavy (non-hydrogen) atoms. The van der Waals surface area contributed by atoms with Crippen molar-refractivity contribution in [3.05, 3.63) is 36.1 Å².